The Bertz CT molecular complexity index is 942. The van der Waals surface area contributed by atoms with Crippen LogP contribution in [0, 0.1) is 10.1 Å². The lowest BCUT2D eigenvalue weighted by Crippen LogP contribution is -2.06. The van der Waals surface area contributed by atoms with E-state index in [9.17, 15) is 23.3 Å². The molecule has 1 heterocycles. The zero-order chi connectivity index (χ0) is 18.0. The summed E-state index contributed by atoms with van der Waals surface area (Å²) in [6.07, 6.45) is -1.34. The van der Waals surface area contributed by atoms with Crippen molar-refractivity contribution in [3.63, 3.8) is 0 Å². The average Bonchev–Trinajstić information content (AvgIpc) is 2.58. The molecule has 0 spiro atoms. The van der Waals surface area contributed by atoms with Gasteiger partial charge in [0.25, 0.3) is 5.69 Å². The molecule has 0 aliphatic carbocycles. The first kappa shape index (κ1) is 17.0. The Morgan fingerprint density at radius 3 is 2.68 bits per heavy atom. The Labute approximate surface area is 144 Å². The van der Waals surface area contributed by atoms with Crippen LogP contribution in [0.5, 0.6) is 0 Å². The first-order valence-corrected chi connectivity index (χ1v) is 7.79. The molecule has 9 heteroatoms. The summed E-state index contributed by atoms with van der Waals surface area (Å²) in [5.41, 5.74) is -1.70. The van der Waals surface area contributed by atoms with Crippen molar-refractivity contribution < 1.29 is 18.1 Å². The van der Waals surface area contributed by atoms with Gasteiger partial charge in [0, 0.05) is 34.1 Å². The smallest absolute Gasteiger partial charge is 0.320 e. The number of hydrogen-bond acceptors (Lipinski definition) is 5. The molecule has 1 N–H and O–H groups in total. The average molecular weight is 365 g/mol. The van der Waals surface area contributed by atoms with Crippen LogP contribution in [0.1, 0.15) is 5.56 Å². The Morgan fingerprint density at radius 1 is 1.16 bits per heavy atom. The number of rotatable bonds is 4. The molecule has 128 valence electrons. The maximum atomic E-state index is 12.7. The van der Waals surface area contributed by atoms with Gasteiger partial charge in [0.2, 0.25) is 0 Å². The number of nitrogens with one attached hydrogen (secondary N) is 1. The second-order valence-corrected chi connectivity index (χ2v) is 5.89. The van der Waals surface area contributed by atoms with Crippen LogP contribution in [0.4, 0.5) is 24.5 Å². The van der Waals surface area contributed by atoms with Gasteiger partial charge in [0.1, 0.15) is 5.69 Å². The summed E-state index contributed by atoms with van der Waals surface area (Å²) in [5.74, 6) is 0. The lowest BCUT2D eigenvalue weighted by Gasteiger charge is -2.11. The van der Waals surface area contributed by atoms with E-state index in [1.807, 2.05) is 6.07 Å². The van der Waals surface area contributed by atoms with Gasteiger partial charge in [-0.2, -0.15) is 13.2 Å². The number of aromatic nitrogens is 1. The first-order valence-electron chi connectivity index (χ1n) is 6.97. The number of alkyl halides is 3. The highest BCUT2D eigenvalue weighted by molar-refractivity contribution is 8.00. The molecule has 3 aromatic rings. The topological polar surface area (TPSA) is 68.1 Å². The van der Waals surface area contributed by atoms with Crippen LogP contribution in [0.15, 0.2) is 59.8 Å². The van der Waals surface area contributed by atoms with Gasteiger partial charge in [-0.15, -0.1) is 0 Å². The number of halogens is 3. The molecule has 5 nitrogen and oxygen atoms in total. The van der Waals surface area contributed by atoms with Crippen LogP contribution >= 0.6 is 11.9 Å². The summed E-state index contributed by atoms with van der Waals surface area (Å²) in [4.78, 5) is 15.1. The lowest BCUT2D eigenvalue weighted by atomic mass is 10.1. The lowest BCUT2D eigenvalue weighted by molar-refractivity contribution is -0.384. The van der Waals surface area contributed by atoms with Gasteiger partial charge in [0.15, 0.2) is 0 Å². The molecule has 0 radical (unpaired) electrons. The molecular formula is C16H10F3N3O2S. The molecule has 0 amide bonds. The van der Waals surface area contributed by atoms with Gasteiger partial charge in [0.05, 0.1) is 10.5 Å². The summed E-state index contributed by atoms with van der Waals surface area (Å²) in [7, 11) is 0. The third kappa shape index (κ3) is 3.66. The summed E-state index contributed by atoms with van der Waals surface area (Å²) < 4.78 is 41.0. The first-order chi connectivity index (χ1) is 11.9. The minimum absolute atomic E-state index is 0.00550. The Balaban J connectivity index is 1.91. The summed E-state index contributed by atoms with van der Waals surface area (Å²) in [6.45, 7) is 0. The number of benzene rings is 2. The number of pyridine rings is 1. The zero-order valence-electron chi connectivity index (χ0n) is 12.4. The minimum Gasteiger partial charge on any atom is -0.320 e. The third-order valence-electron chi connectivity index (χ3n) is 3.43. The van der Waals surface area contributed by atoms with E-state index in [1.54, 1.807) is 30.6 Å². The van der Waals surface area contributed by atoms with Crippen LogP contribution in [0.25, 0.3) is 10.8 Å². The largest absolute Gasteiger partial charge is 0.416 e. The van der Waals surface area contributed by atoms with Crippen molar-refractivity contribution in [1.82, 2.24) is 4.98 Å². The summed E-state index contributed by atoms with van der Waals surface area (Å²) in [5, 5.41) is 12.9. The molecule has 0 aliphatic heterocycles. The Kier molecular flexibility index (Phi) is 4.49. The van der Waals surface area contributed by atoms with E-state index >= 15 is 0 Å². The number of hydrogen-bond donors (Lipinski definition) is 1. The van der Waals surface area contributed by atoms with Crippen LogP contribution in [-0.4, -0.2) is 9.91 Å². The fourth-order valence-corrected chi connectivity index (χ4v) is 3.07. The number of nitro benzene ring substituents is 1. The molecular weight excluding hydrogens is 355 g/mol. The molecule has 0 aliphatic rings. The highest BCUT2D eigenvalue weighted by atomic mass is 32.2. The molecule has 3 rings (SSSR count). The van der Waals surface area contributed by atoms with Crippen LogP contribution in [-0.2, 0) is 6.18 Å². The Morgan fingerprint density at radius 2 is 1.96 bits per heavy atom. The minimum atomic E-state index is -4.64. The van der Waals surface area contributed by atoms with Crippen molar-refractivity contribution in [3.8, 4) is 0 Å². The number of anilines is 1. The quantitative estimate of drug-likeness (QED) is 0.387. The number of nitrogens with zero attached hydrogens (tertiary/aromatic N) is 2. The fourth-order valence-electron chi connectivity index (χ4n) is 2.24. The highest BCUT2D eigenvalue weighted by Crippen LogP contribution is 2.37. The molecule has 0 atom stereocenters. The maximum absolute atomic E-state index is 12.7. The molecule has 0 saturated heterocycles. The zero-order valence-corrected chi connectivity index (χ0v) is 13.3. The summed E-state index contributed by atoms with van der Waals surface area (Å²) >= 11 is 1.08. The van der Waals surface area contributed by atoms with Crippen LogP contribution in [0.3, 0.4) is 0 Å². The second kappa shape index (κ2) is 6.60. The van der Waals surface area contributed by atoms with E-state index in [1.165, 1.54) is 0 Å². The van der Waals surface area contributed by atoms with E-state index in [4.69, 9.17) is 0 Å². The Hall–Kier alpha value is -2.81. The van der Waals surface area contributed by atoms with Gasteiger partial charge < -0.3 is 4.72 Å². The van der Waals surface area contributed by atoms with Gasteiger partial charge in [-0.25, -0.2) is 0 Å². The number of nitro groups is 1. The van der Waals surface area contributed by atoms with E-state index in [0.717, 1.165) is 39.7 Å². The summed E-state index contributed by atoms with van der Waals surface area (Å²) in [6, 6.07) is 9.65. The fraction of sp³-hybridized carbons (Fsp3) is 0.0625. The molecule has 25 heavy (non-hydrogen) atoms. The van der Waals surface area contributed by atoms with E-state index in [-0.39, 0.29) is 5.69 Å². The van der Waals surface area contributed by atoms with E-state index in [0.29, 0.717) is 6.07 Å². The molecule has 0 unspecified atom stereocenters. The van der Waals surface area contributed by atoms with Crippen LogP contribution in [0.2, 0.25) is 0 Å². The predicted octanol–water partition coefficient (Wildman–Crippen LogP) is 5.28. The van der Waals surface area contributed by atoms with Crippen molar-refractivity contribution in [2.24, 2.45) is 0 Å². The van der Waals surface area contributed by atoms with Gasteiger partial charge >= 0.3 is 6.18 Å². The standard InChI is InChI=1S/C16H10F3N3O2S/c17-16(18,19)11-4-5-13(14(8-11)22(23)24)21-25-15-3-1-2-10-9-20-7-6-12(10)15/h1-9,21H. The van der Waals surface area contributed by atoms with Crippen molar-refractivity contribution >= 4 is 34.1 Å². The van der Waals surface area contributed by atoms with Gasteiger partial charge in [-0.05, 0) is 36.2 Å². The third-order valence-corrected chi connectivity index (χ3v) is 4.33. The van der Waals surface area contributed by atoms with Gasteiger partial charge in [-0.1, -0.05) is 12.1 Å². The van der Waals surface area contributed by atoms with Gasteiger partial charge in [-0.3, -0.25) is 15.1 Å². The molecule has 1 aromatic heterocycles. The van der Waals surface area contributed by atoms with Crippen molar-refractivity contribution in [3.05, 3.63) is 70.5 Å². The molecule has 0 saturated carbocycles. The predicted molar refractivity (Wildman–Crippen MR) is 89.3 cm³/mol. The normalized spacial score (nSPS) is 11.5. The monoisotopic (exact) mass is 365 g/mol. The van der Waals surface area contributed by atoms with Crippen molar-refractivity contribution in [1.29, 1.82) is 0 Å². The SMILES string of the molecule is O=[N+]([O-])c1cc(C(F)(F)F)ccc1NSc1cccc2cnccc12. The maximum Gasteiger partial charge on any atom is 0.416 e. The molecule has 0 bridgehead atoms. The molecule has 0 fully saturated rings. The van der Waals surface area contributed by atoms with Crippen LogP contribution < -0.4 is 4.72 Å². The van der Waals surface area contributed by atoms with Crippen molar-refractivity contribution in [2.45, 2.75) is 11.1 Å². The molecule has 2 aromatic carbocycles. The van der Waals surface area contributed by atoms with Crippen molar-refractivity contribution in [2.75, 3.05) is 4.72 Å². The highest BCUT2D eigenvalue weighted by Gasteiger charge is 2.33. The van der Waals surface area contributed by atoms with E-state index < -0.39 is 22.4 Å². The second-order valence-electron chi connectivity index (χ2n) is 5.04. The number of fused-ring (bicyclic) bond motifs is 1. The van der Waals surface area contributed by atoms with E-state index in [2.05, 4.69) is 9.71 Å².